The van der Waals surface area contributed by atoms with E-state index in [0.29, 0.717) is 18.0 Å². The van der Waals surface area contributed by atoms with Crippen LogP contribution in [-0.2, 0) is 17.8 Å². The van der Waals surface area contributed by atoms with Crippen LogP contribution in [0.25, 0.3) is 11.0 Å². The summed E-state index contributed by atoms with van der Waals surface area (Å²) in [5.74, 6) is 0.869. The molecule has 1 amide bonds. The number of nitrogens with zero attached hydrogens (tertiary/aromatic N) is 2. The molecule has 0 aliphatic heterocycles. The number of amides is 1. The highest BCUT2D eigenvalue weighted by atomic mass is 35.5. The molecule has 30 heavy (non-hydrogen) atoms. The lowest BCUT2D eigenvalue weighted by atomic mass is 10.1. The third kappa shape index (κ3) is 4.55. The molecule has 4 aromatic rings. The Balaban J connectivity index is 1.63. The second kappa shape index (κ2) is 9.14. The number of hydrogen-bond donors (Lipinski definition) is 1. The summed E-state index contributed by atoms with van der Waals surface area (Å²) in [5, 5.41) is 3.90. The van der Waals surface area contributed by atoms with E-state index in [2.05, 4.69) is 22.9 Å². The number of imidazole rings is 1. The van der Waals surface area contributed by atoms with Crippen molar-refractivity contribution in [3.05, 3.63) is 101 Å². The van der Waals surface area contributed by atoms with Crippen LogP contribution >= 0.6 is 11.6 Å². The van der Waals surface area contributed by atoms with Crippen molar-refractivity contribution in [3.63, 3.8) is 0 Å². The molecule has 0 aliphatic rings. The standard InChI is InChI=1S/C25H24ClN3O/c1-2-21(27-24(30)16-18-8-4-3-5-9-18)25-28-22-10-6-7-11-23(22)29(25)17-19-12-14-20(26)15-13-19/h3-15,21H,2,16-17H2,1H3,(H,27,30). The summed E-state index contributed by atoms with van der Waals surface area (Å²) in [5.41, 5.74) is 4.12. The van der Waals surface area contributed by atoms with Crippen molar-refractivity contribution in [1.29, 1.82) is 0 Å². The quantitative estimate of drug-likeness (QED) is 0.428. The number of fused-ring (bicyclic) bond motifs is 1. The molecule has 1 N–H and O–H groups in total. The van der Waals surface area contributed by atoms with Crippen molar-refractivity contribution in [2.24, 2.45) is 0 Å². The first-order valence-electron chi connectivity index (χ1n) is 10.2. The van der Waals surface area contributed by atoms with Gasteiger partial charge in [0.05, 0.1) is 23.5 Å². The maximum absolute atomic E-state index is 12.7. The average molecular weight is 418 g/mol. The minimum absolute atomic E-state index is 0.00171. The molecular formula is C25H24ClN3O. The molecule has 0 aliphatic carbocycles. The SMILES string of the molecule is CCC(NC(=O)Cc1ccccc1)c1nc2ccccc2n1Cc1ccc(Cl)cc1. The first-order chi connectivity index (χ1) is 14.6. The summed E-state index contributed by atoms with van der Waals surface area (Å²) < 4.78 is 2.19. The maximum atomic E-state index is 12.7. The largest absolute Gasteiger partial charge is 0.346 e. The van der Waals surface area contributed by atoms with Crippen LogP contribution in [0.1, 0.15) is 36.3 Å². The molecule has 0 saturated heterocycles. The van der Waals surface area contributed by atoms with E-state index in [1.54, 1.807) is 0 Å². The van der Waals surface area contributed by atoms with Crippen molar-refractivity contribution in [2.45, 2.75) is 32.4 Å². The fourth-order valence-corrected chi connectivity index (χ4v) is 3.80. The van der Waals surface area contributed by atoms with Crippen molar-refractivity contribution in [1.82, 2.24) is 14.9 Å². The average Bonchev–Trinajstić information content (AvgIpc) is 3.12. The van der Waals surface area contributed by atoms with Gasteiger partial charge in [-0.05, 0) is 41.8 Å². The Morgan fingerprint density at radius 2 is 1.67 bits per heavy atom. The minimum Gasteiger partial charge on any atom is -0.346 e. The molecule has 0 fully saturated rings. The van der Waals surface area contributed by atoms with Gasteiger partial charge >= 0.3 is 0 Å². The number of aromatic nitrogens is 2. The Morgan fingerprint density at radius 1 is 0.967 bits per heavy atom. The predicted octanol–water partition coefficient (Wildman–Crippen LogP) is 5.55. The summed E-state index contributed by atoms with van der Waals surface area (Å²) in [6, 6.07) is 25.5. The van der Waals surface area contributed by atoms with Crippen LogP contribution in [0.4, 0.5) is 0 Å². The molecule has 0 saturated carbocycles. The van der Waals surface area contributed by atoms with Gasteiger partial charge < -0.3 is 9.88 Å². The zero-order valence-electron chi connectivity index (χ0n) is 16.9. The van der Waals surface area contributed by atoms with Gasteiger partial charge in [0, 0.05) is 11.6 Å². The van der Waals surface area contributed by atoms with E-state index in [-0.39, 0.29) is 11.9 Å². The Morgan fingerprint density at radius 3 is 2.40 bits per heavy atom. The van der Waals surface area contributed by atoms with Crippen LogP contribution in [0.2, 0.25) is 5.02 Å². The zero-order chi connectivity index (χ0) is 20.9. The molecule has 5 heteroatoms. The van der Waals surface area contributed by atoms with E-state index in [1.807, 2.05) is 72.8 Å². The molecule has 1 unspecified atom stereocenters. The second-order valence-electron chi connectivity index (χ2n) is 7.36. The zero-order valence-corrected chi connectivity index (χ0v) is 17.6. The van der Waals surface area contributed by atoms with Crippen LogP contribution in [0.5, 0.6) is 0 Å². The molecule has 4 rings (SSSR count). The molecule has 3 aromatic carbocycles. The van der Waals surface area contributed by atoms with E-state index in [9.17, 15) is 4.79 Å². The highest BCUT2D eigenvalue weighted by Gasteiger charge is 2.21. The summed E-state index contributed by atoms with van der Waals surface area (Å²) >= 11 is 6.05. The van der Waals surface area contributed by atoms with Crippen molar-refractivity contribution in [3.8, 4) is 0 Å². The van der Waals surface area contributed by atoms with Crippen LogP contribution in [0.15, 0.2) is 78.9 Å². The van der Waals surface area contributed by atoms with Gasteiger partial charge in [-0.15, -0.1) is 0 Å². The molecule has 0 bridgehead atoms. The van der Waals surface area contributed by atoms with Crippen LogP contribution < -0.4 is 5.32 Å². The topological polar surface area (TPSA) is 46.9 Å². The van der Waals surface area contributed by atoms with Gasteiger partial charge in [0.1, 0.15) is 5.82 Å². The van der Waals surface area contributed by atoms with Gasteiger partial charge in [0.15, 0.2) is 0 Å². The van der Waals surface area contributed by atoms with E-state index < -0.39 is 0 Å². The molecule has 1 atom stereocenters. The van der Waals surface area contributed by atoms with Crippen LogP contribution in [0.3, 0.4) is 0 Å². The van der Waals surface area contributed by atoms with Crippen molar-refractivity contribution >= 4 is 28.5 Å². The van der Waals surface area contributed by atoms with Gasteiger partial charge in [-0.25, -0.2) is 4.98 Å². The van der Waals surface area contributed by atoms with Crippen molar-refractivity contribution in [2.75, 3.05) is 0 Å². The molecule has 152 valence electrons. The fraction of sp³-hybridized carbons (Fsp3) is 0.200. The molecule has 1 heterocycles. The Hall–Kier alpha value is -3.11. The normalized spacial score (nSPS) is 12.1. The monoisotopic (exact) mass is 417 g/mol. The summed E-state index contributed by atoms with van der Waals surface area (Å²) in [7, 11) is 0. The van der Waals surface area contributed by atoms with Crippen LogP contribution in [-0.4, -0.2) is 15.5 Å². The minimum atomic E-state index is -0.166. The smallest absolute Gasteiger partial charge is 0.225 e. The maximum Gasteiger partial charge on any atom is 0.225 e. The third-order valence-electron chi connectivity index (χ3n) is 5.20. The van der Waals surface area contributed by atoms with Gasteiger partial charge in [0.25, 0.3) is 0 Å². The van der Waals surface area contributed by atoms with Crippen molar-refractivity contribution < 1.29 is 4.79 Å². The number of benzene rings is 3. The number of halogens is 1. The second-order valence-corrected chi connectivity index (χ2v) is 7.80. The summed E-state index contributed by atoms with van der Waals surface area (Å²) in [6.45, 7) is 2.73. The van der Waals surface area contributed by atoms with Gasteiger partial charge in [0.2, 0.25) is 5.91 Å². The Kier molecular flexibility index (Phi) is 6.15. The third-order valence-corrected chi connectivity index (χ3v) is 5.45. The number of rotatable bonds is 7. The van der Waals surface area contributed by atoms with E-state index in [0.717, 1.165) is 34.4 Å². The highest BCUT2D eigenvalue weighted by molar-refractivity contribution is 6.30. The first kappa shape index (κ1) is 20.2. The molecule has 0 radical (unpaired) electrons. The lowest BCUT2D eigenvalue weighted by Gasteiger charge is -2.19. The van der Waals surface area contributed by atoms with Gasteiger partial charge in [-0.3, -0.25) is 4.79 Å². The number of carbonyl (C=O) groups is 1. The Labute approximate surface area is 181 Å². The predicted molar refractivity (Wildman–Crippen MR) is 122 cm³/mol. The van der Waals surface area contributed by atoms with Crippen LogP contribution in [0, 0.1) is 0 Å². The molecule has 0 spiro atoms. The number of hydrogen-bond acceptors (Lipinski definition) is 2. The molecule has 4 nitrogen and oxygen atoms in total. The summed E-state index contributed by atoms with van der Waals surface area (Å²) in [4.78, 5) is 17.6. The van der Waals surface area contributed by atoms with Gasteiger partial charge in [-0.2, -0.15) is 0 Å². The lowest BCUT2D eigenvalue weighted by Crippen LogP contribution is -2.31. The van der Waals surface area contributed by atoms with Gasteiger partial charge in [-0.1, -0.05) is 73.1 Å². The number of nitrogens with one attached hydrogen (secondary N) is 1. The highest BCUT2D eigenvalue weighted by Crippen LogP contribution is 2.25. The first-order valence-corrected chi connectivity index (χ1v) is 10.5. The fourth-order valence-electron chi connectivity index (χ4n) is 3.67. The number of para-hydroxylation sites is 2. The summed E-state index contributed by atoms with van der Waals surface area (Å²) in [6.07, 6.45) is 1.11. The number of carbonyl (C=O) groups excluding carboxylic acids is 1. The molecular weight excluding hydrogens is 394 g/mol. The molecule has 1 aromatic heterocycles. The lowest BCUT2D eigenvalue weighted by molar-refractivity contribution is -0.121. The Bertz CT molecular complexity index is 1140. The van der Waals surface area contributed by atoms with E-state index >= 15 is 0 Å². The van der Waals surface area contributed by atoms with E-state index in [1.165, 1.54) is 0 Å². The van der Waals surface area contributed by atoms with E-state index in [4.69, 9.17) is 16.6 Å².